The maximum Gasteiger partial charge on any atom is 0.229 e. The standard InChI is InChI=1S/C29H32ClN3O2/c1-35-23-13-14-24-21(18-23)10-16-25-28(24)31-26(15-9-19-5-3-2-4-6-19)29(32-25)33-27(34)17-20-7-11-22(30)12-8-20/h7-8,11-14,18-19H,2-6,9-10,15-17H2,1H3,(H,32,33,34). The van der Waals surface area contributed by atoms with Crippen LogP contribution in [0.2, 0.25) is 5.02 Å². The van der Waals surface area contributed by atoms with Crippen LogP contribution in [-0.4, -0.2) is 23.0 Å². The van der Waals surface area contributed by atoms with Crippen molar-refractivity contribution in [1.29, 1.82) is 0 Å². The van der Waals surface area contributed by atoms with Crippen LogP contribution in [-0.2, 0) is 30.5 Å². The summed E-state index contributed by atoms with van der Waals surface area (Å²) in [6.45, 7) is 0. The summed E-state index contributed by atoms with van der Waals surface area (Å²) in [6, 6.07) is 13.6. The van der Waals surface area contributed by atoms with Crippen molar-refractivity contribution in [2.24, 2.45) is 5.92 Å². The SMILES string of the molecule is COc1ccc2c(c1)CCc1nc(NC(=O)Cc3ccc(Cl)cc3)c(CCC3CCCCC3)nc1-2. The monoisotopic (exact) mass is 489 g/mol. The number of anilines is 1. The number of amides is 1. The van der Waals surface area contributed by atoms with E-state index >= 15 is 0 Å². The predicted octanol–water partition coefficient (Wildman–Crippen LogP) is 6.60. The summed E-state index contributed by atoms with van der Waals surface area (Å²) in [5.41, 5.74) is 6.07. The molecule has 0 unspecified atom stereocenters. The molecule has 2 aromatic carbocycles. The second-order valence-corrected chi connectivity index (χ2v) is 10.2. The van der Waals surface area contributed by atoms with Crippen molar-refractivity contribution >= 4 is 23.3 Å². The van der Waals surface area contributed by atoms with Gasteiger partial charge in [-0.05, 0) is 73.1 Å². The van der Waals surface area contributed by atoms with Crippen LogP contribution in [0, 0.1) is 5.92 Å². The Hall–Kier alpha value is -2.92. The number of carbonyl (C=O) groups is 1. The van der Waals surface area contributed by atoms with Crippen LogP contribution in [0.5, 0.6) is 5.75 Å². The first-order valence-corrected chi connectivity index (χ1v) is 13.1. The summed E-state index contributed by atoms with van der Waals surface area (Å²) in [7, 11) is 1.70. The molecule has 0 bridgehead atoms. The molecule has 1 amide bonds. The number of carbonyl (C=O) groups excluding carboxylic acids is 1. The molecule has 5 rings (SSSR count). The van der Waals surface area contributed by atoms with Gasteiger partial charge in [0.1, 0.15) is 5.75 Å². The van der Waals surface area contributed by atoms with Gasteiger partial charge in [0.15, 0.2) is 5.82 Å². The first-order chi connectivity index (χ1) is 17.1. The number of hydrogen-bond acceptors (Lipinski definition) is 4. The highest BCUT2D eigenvalue weighted by Gasteiger charge is 2.24. The molecule has 35 heavy (non-hydrogen) atoms. The van der Waals surface area contributed by atoms with Crippen molar-refractivity contribution in [3.63, 3.8) is 0 Å². The van der Waals surface area contributed by atoms with Crippen molar-refractivity contribution < 1.29 is 9.53 Å². The van der Waals surface area contributed by atoms with E-state index in [1.807, 2.05) is 30.3 Å². The Bertz CT molecular complexity index is 1200. The van der Waals surface area contributed by atoms with Gasteiger partial charge in [0.2, 0.25) is 5.91 Å². The summed E-state index contributed by atoms with van der Waals surface area (Å²) in [4.78, 5) is 23.0. The number of halogens is 1. The lowest BCUT2D eigenvalue weighted by Crippen LogP contribution is -2.20. The third kappa shape index (κ3) is 5.67. The zero-order valence-corrected chi connectivity index (χ0v) is 21.0. The molecule has 0 saturated heterocycles. The highest BCUT2D eigenvalue weighted by molar-refractivity contribution is 6.30. The maximum absolute atomic E-state index is 12.9. The predicted molar refractivity (Wildman–Crippen MR) is 140 cm³/mol. The summed E-state index contributed by atoms with van der Waals surface area (Å²) in [5, 5.41) is 3.75. The molecular formula is C29H32ClN3O2. The van der Waals surface area contributed by atoms with Gasteiger partial charge >= 0.3 is 0 Å². The smallest absolute Gasteiger partial charge is 0.229 e. The molecule has 5 nitrogen and oxygen atoms in total. The molecule has 1 fully saturated rings. The van der Waals surface area contributed by atoms with Crippen LogP contribution >= 0.6 is 11.6 Å². The van der Waals surface area contributed by atoms with Gasteiger partial charge in [-0.3, -0.25) is 4.79 Å². The topological polar surface area (TPSA) is 64.1 Å². The molecule has 6 heteroatoms. The van der Waals surface area contributed by atoms with Gasteiger partial charge in [-0.1, -0.05) is 55.8 Å². The Labute approximate surface area is 212 Å². The number of aromatic nitrogens is 2. The van der Waals surface area contributed by atoms with Crippen LogP contribution in [0.3, 0.4) is 0 Å². The number of aryl methyl sites for hydroxylation is 3. The maximum atomic E-state index is 12.9. The highest BCUT2D eigenvalue weighted by Crippen LogP contribution is 2.36. The van der Waals surface area contributed by atoms with E-state index in [2.05, 4.69) is 17.4 Å². The van der Waals surface area contributed by atoms with E-state index in [4.69, 9.17) is 26.3 Å². The van der Waals surface area contributed by atoms with Crippen molar-refractivity contribution in [1.82, 2.24) is 9.97 Å². The summed E-state index contributed by atoms with van der Waals surface area (Å²) >= 11 is 5.99. The van der Waals surface area contributed by atoms with E-state index in [0.717, 1.165) is 65.6 Å². The Morgan fingerprint density at radius 1 is 1.06 bits per heavy atom. The van der Waals surface area contributed by atoms with Crippen molar-refractivity contribution in [2.75, 3.05) is 12.4 Å². The van der Waals surface area contributed by atoms with Crippen LogP contribution in [0.15, 0.2) is 42.5 Å². The normalized spacial score (nSPS) is 15.3. The largest absolute Gasteiger partial charge is 0.497 e. The fourth-order valence-electron chi connectivity index (χ4n) is 5.34. The lowest BCUT2D eigenvalue weighted by atomic mass is 9.85. The van der Waals surface area contributed by atoms with Crippen LogP contribution in [0.4, 0.5) is 5.82 Å². The van der Waals surface area contributed by atoms with Gasteiger partial charge < -0.3 is 10.1 Å². The molecule has 182 valence electrons. The molecule has 0 atom stereocenters. The zero-order chi connectivity index (χ0) is 24.2. The number of fused-ring (bicyclic) bond motifs is 3. The minimum absolute atomic E-state index is 0.0820. The third-order valence-corrected chi connectivity index (χ3v) is 7.54. The van der Waals surface area contributed by atoms with Gasteiger partial charge in [0.05, 0.1) is 30.6 Å². The van der Waals surface area contributed by atoms with E-state index in [9.17, 15) is 4.79 Å². The molecule has 0 spiro atoms. The molecule has 3 aromatic rings. The molecule has 0 aliphatic heterocycles. The van der Waals surface area contributed by atoms with Crippen molar-refractivity contribution in [2.45, 2.75) is 64.2 Å². The average molecular weight is 490 g/mol. The van der Waals surface area contributed by atoms with Gasteiger partial charge in [-0.25, -0.2) is 9.97 Å². The summed E-state index contributed by atoms with van der Waals surface area (Å²) in [5.74, 6) is 2.14. The molecule has 2 aliphatic carbocycles. The van der Waals surface area contributed by atoms with Crippen molar-refractivity contribution in [3.05, 3.63) is 70.0 Å². The number of ether oxygens (including phenoxy) is 1. The van der Waals surface area contributed by atoms with E-state index in [-0.39, 0.29) is 12.3 Å². The number of nitrogens with zero attached hydrogens (tertiary/aromatic N) is 2. The Morgan fingerprint density at radius 2 is 1.86 bits per heavy atom. The summed E-state index contributed by atoms with van der Waals surface area (Å²) < 4.78 is 5.43. The highest BCUT2D eigenvalue weighted by atomic mass is 35.5. The Kier molecular flexibility index (Phi) is 7.33. The first kappa shape index (κ1) is 23.8. The van der Waals surface area contributed by atoms with Crippen LogP contribution in [0.1, 0.15) is 61.0 Å². The van der Waals surface area contributed by atoms with Gasteiger partial charge in [-0.15, -0.1) is 0 Å². The summed E-state index contributed by atoms with van der Waals surface area (Å²) in [6.07, 6.45) is 10.4. The van der Waals surface area contributed by atoms with Gasteiger partial charge in [0.25, 0.3) is 0 Å². The minimum Gasteiger partial charge on any atom is -0.497 e. The quantitative estimate of drug-likeness (QED) is 0.406. The zero-order valence-electron chi connectivity index (χ0n) is 20.3. The van der Waals surface area contributed by atoms with Gasteiger partial charge in [0, 0.05) is 10.6 Å². The number of hydrogen-bond donors (Lipinski definition) is 1. The molecule has 1 saturated carbocycles. The fourth-order valence-corrected chi connectivity index (χ4v) is 5.46. The van der Waals surface area contributed by atoms with E-state index < -0.39 is 0 Å². The lowest BCUT2D eigenvalue weighted by Gasteiger charge is -2.23. The molecule has 2 aliphatic rings. The number of benzene rings is 2. The fraction of sp³-hybridized carbons (Fsp3) is 0.414. The van der Waals surface area contributed by atoms with Crippen LogP contribution < -0.4 is 10.1 Å². The number of rotatable bonds is 7. The molecular weight excluding hydrogens is 458 g/mol. The minimum atomic E-state index is -0.0820. The molecule has 1 aromatic heterocycles. The van der Waals surface area contributed by atoms with Gasteiger partial charge in [-0.2, -0.15) is 0 Å². The number of nitrogens with one attached hydrogen (secondary N) is 1. The van der Waals surface area contributed by atoms with E-state index in [0.29, 0.717) is 10.8 Å². The third-order valence-electron chi connectivity index (χ3n) is 7.29. The molecule has 1 N–H and O–H groups in total. The van der Waals surface area contributed by atoms with Crippen molar-refractivity contribution in [3.8, 4) is 17.0 Å². The lowest BCUT2D eigenvalue weighted by molar-refractivity contribution is -0.115. The molecule has 1 heterocycles. The first-order valence-electron chi connectivity index (χ1n) is 12.7. The Balaban J connectivity index is 1.42. The average Bonchev–Trinajstić information content (AvgIpc) is 2.89. The second-order valence-electron chi connectivity index (χ2n) is 9.73. The van der Waals surface area contributed by atoms with Crippen LogP contribution in [0.25, 0.3) is 11.3 Å². The Morgan fingerprint density at radius 3 is 2.63 bits per heavy atom. The van der Waals surface area contributed by atoms with E-state index in [1.54, 1.807) is 7.11 Å². The molecule has 0 radical (unpaired) electrons. The second kappa shape index (κ2) is 10.8. The van der Waals surface area contributed by atoms with E-state index in [1.165, 1.54) is 37.7 Å². The number of methoxy groups -OCH3 is 1.